The van der Waals surface area contributed by atoms with Crippen molar-refractivity contribution in [1.29, 1.82) is 0 Å². The summed E-state index contributed by atoms with van der Waals surface area (Å²) >= 11 is 1.76. The number of pyridine rings is 1. The smallest absolute Gasteiger partial charge is 0.225 e. The van der Waals surface area contributed by atoms with Crippen LogP contribution in [-0.2, 0) is 22.5 Å². The van der Waals surface area contributed by atoms with Gasteiger partial charge >= 0.3 is 0 Å². The van der Waals surface area contributed by atoms with Gasteiger partial charge in [0.05, 0.1) is 52.2 Å². The van der Waals surface area contributed by atoms with Crippen molar-refractivity contribution in [2.45, 2.75) is 46.3 Å². The van der Waals surface area contributed by atoms with Crippen LogP contribution in [0.2, 0.25) is 0 Å². The standard InChI is InChI=1S/C22H29N5O2S/c1-5-26(6-2)21-23-12-16-18(25-21)17-14-11-22(3,4)29-13-15(14)24-20(19(17)30-16)27-7-9-28-10-8-27/h12H,5-11,13H2,1-4H3. The summed E-state index contributed by atoms with van der Waals surface area (Å²) in [6, 6.07) is 0. The quantitative estimate of drug-likeness (QED) is 0.628. The first-order valence-electron chi connectivity index (χ1n) is 10.8. The van der Waals surface area contributed by atoms with E-state index in [2.05, 4.69) is 42.5 Å². The highest BCUT2D eigenvalue weighted by Gasteiger charge is 2.32. The van der Waals surface area contributed by atoms with Gasteiger partial charge in [0.2, 0.25) is 5.95 Å². The van der Waals surface area contributed by atoms with Gasteiger partial charge in [-0.1, -0.05) is 0 Å². The molecule has 160 valence electrons. The minimum absolute atomic E-state index is 0.203. The van der Waals surface area contributed by atoms with Crippen LogP contribution in [-0.4, -0.2) is 59.9 Å². The SMILES string of the molecule is CCN(CC)c1ncc2sc3c(N4CCOCC4)nc4c(c3c2n1)CC(C)(C)OC4. The van der Waals surface area contributed by atoms with Gasteiger partial charge in [-0.15, -0.1) is 11.3 Å². The molecule has 2 aliphatic rings. The lowest BCUT2D eigenvalue weighted by atomic mass is 9.92. The first kappa shape index (κ1) is 19.9. The van der Waals surface area contributed by atoms with E-state index in [1.165, 1.54) is 15.6 Å². The van der Waals surface area contributed by atoms with Crippen molar-refractivity contribution in [3.8, 4) is 0 Å². The van der Waals surface area contributed by atoms with E-state index in [1.54, 1.807) is 11.3 Å². The van der Waals surface area contributed by atoms with E-state index < -0.39 is 0 Å². The average molecular weight is 428 g/mol. The number of thiophene rings is 1. The molecule has 8 heteroatoms. The fraction of sp³-hybridized carbons (Fsp3) is 0.591. The molecule has 0 unspecified atom stereocenters. The van der Waals surface area contributed by atoms with Gasteiger partial charge < -0.3 is 19.3 Å². The zero-order valence-corrected chi connectivity index (χ0v) is 19.0. The highest BCUT2D eigenvalue weighted by molar-refractivity contribution is 7.26. The average Bonchev–Trinajstić information content (AvgIpc) is 3.13. The zero-order valence-electron chi connectivity index (χ0n) is 18.2. The first-order chi connectivity index (χ1) is 14.5. The molecule has 1 saturated heterocycles. The number of fused-ring (bicyclic) bond motifs is 5. The predicted molar refractivity (Wildman–Crippen MR) is 122 cm³/mol. The van der Waals surface area contributed by atoms with Crippen molar-refractivity contribution in [2.24, 2.45) is 0 Å². The number of aromatic nitrogens is 3. The maximum Gasteiger partial charge on any atom is 0.225 e. The summed E-state index contributed by atoms with van der Waals surface area (Å²) < 4.78 is 14.0. The number of hydrogen-bond donors (Lipinski definition) is 0. The molecule has 0 aromatic carbocycles. The molecule has 0 spiro atoms. The lowest BCUT2D eigenvalue weighted by molar-refractivity contribution is -0.0415. The van der Waals surface area contributed by atoms with Crippen LogP contribution in [0.5, 0.6) is 0 Å². The molecule has 0 atom stereocenters. The van der Waals surface area contributed by atoms with Crippen molar-refractivity contribution in [1.82, 2.24) is 15.0 Å². The van der Waals surface area contributed by atoms with Crippen molar-refractivity contribution in [2.75, 3.05) is 49.2 Å². The predicted octanol–water partition coefficient (Wildman–Crippen LogP) is 3.77. The Morgan fingerprint density at radius 2 is 1.93 bits per heavy atom. The molecular weight excluding hydrogens is 398 g/mol. The molecule has 0 aliphatic carbocycles. The second-order valence-corrected chi connectivity index (χ2v) is 9.60. The van der Waals surface area contributed by atoms with Gasteiger partial charge in [-0.3, -0.25) is 0 Å². The normalized spacial score (nSPS) is 18.7. The van der Waals surface area contributed by atoms with Gasteiger partial charge in [0.15, 0.2) is 0 Å². The molecule has 3 aromatic rings. The largest absolute Gasteiger partial charge is 0.378 e. The van der Waals surface area contributed by atoms with Gasteiger partial charge in [-0.05, 0) is 33.3 Å². The first-order valence-corrected chi connectivity index (χ1v) is 11.6. The maximum absolute atomic E-state index is 6.13. The number of rotatable bonds is 4. The van der Waals surface area contributed by atoms with Crippen LogP contribution in [0.4, 0.5) is 11.8 Å². The van der Waals surface area contributed by atoms with Crippen LogP contribution >= 0.6 is 11.3 Å². The Balaban J connectivity index is 1.78. The van der Waals surface area contributed by atoms with Crippen LogP contribution in [0.25, 0.3) is 20.3 Å². The summed E-state index contributed by atoms with van der Waals surface area (Å²) in [4.78, 5) is 19.4. The molecule has 0 N–H and O–H groups in total. The highest BCUT2D eigenvalue weighted by Crippen LogP contribution is 2.44. The second-order valence-electron chi connectivity index (χ2n) is 8.55. The third-order valence-electron chi connectivity index (χ3n) is 6.07. The second kappa shape index (κ2) is 7.59. The van der Waals surface area contributed by atoms with E-state index in [4.69, 9.17) is 19.4 Å². The number of hydrogen-bond acceptors (Lipinski definition) is 8. The van der Waals surface area contributed by atoms with Gasteiger partial charge in [0, 0.05) is 38.0 Å². The molecule has 5 heterocycles. The van der Waals surface area contributed by atoms with Crippen molar-refractivity contribution in [3.63, 3.8) is 0 Å². The lowest BCUT2D eigenvalue weighted by Crippen LogP contribution is -2.38. The molecule has 2 aliphatic heterocycles. The Bertz CT molecular complexity index is 1090. The summed E-state index contributed by atoms with van der Waals surface area (Å²) in [7, 11) is 0. The summed E-state index contributed by atoms with van der Waals surface area (Å²) in [5.41, 5.74) is 3.18. The molecule has 0 bridgehead atoms. The van der Waals surface area contributed by atoms with Crippen molar-refractivity contribution < 1.29 is 9.47 Å². The van der Waals surface area contributed by atoms with Crippen LogP contribution in [0, 0.1) is 0 Å². The van der Waals surface area contributed by atoms with Crippen molar-refractivity contribution >= 4 is 43.4 Å². The Morgan fingerprint density at radius 1 is 1.17 bits per heavy atom. The Labute approximate surface area is 181 Å². The minimum Gasteiger partial charge on any atom is -0.378 e. The number of ether oxygens (including phenoxy) is 2. The molecule has 5 rings (SSSR count). The van der Waals surface area contributed by atoms with Crippen LogP contribution in [0.3, 0.4) is 0 Å². The molecule has 0 saturated carbocycles. The van der Waals surface area contributed by atoms with E-state index in [9.17, 15) is 0 Å². The van der Waals surface area contributed by atoms with Crippen LogP contribution in [0.1, 0.15) is 39.0 Å². The van der Waals surface area contributed by atoms with Gasteiger partial charge in [0.25, 0.3) is 0 Å². The van der Waals surface area contributed by atoms with E-state index >= 15 is 0 Å². The number of anilines is 2. The Kier molecular flexibility index (Phi) is 5.03. The lowest BCUT2D eigenvalue weighted by Gasteiger charge is -2.34. The van der Waals surface area contributed by atoms with Gasteiger partial charge in [-0.2, -0.15) is 0 Å². The molecule has 7 nitrogen and oxygen atoms in total. The van der Waals surface area contributed by atoms with E-state index in [0.29, 0.717) is 6.61 Å². The van der Waals surface area contributed by atoms with Crippen LogP contribution < -0.4 is 9.80 Å². The summed E-state index contributed by atoms with van der Waals surface area (Å²) in [5, 5.41) is 1.24. The molecule has 0 amide bonds. The van der Waals surface area contributed by atoms with E-state index in [0.717, 1.165) is 73.5 Å². The zero-order chi connectivity index (χ0) is 20.9. The molecule has 1 fully saturated rings. The third kappa shape index (κ3) is 3.31. The summed E-state index contributed by atoms with van der Waals surface area (Å²) in [6.45, 7) is 14.1. The molecule has 3 aromatic heterocycles. The topological polar surface area (TPSA) is 63.6 Å². The van der Waals surface area contributed by atoms with E-state index in [1.807, 2.05) is 6.20 Å². The van der Waals surface area contributed by atoms with Crippen LogP contribution in [0.15, 0.2) is 6.20 Å². The molecular formula is C22H29N5O2S. The monoisotopic (exact) mass is 427 g/mol. The Morgan fingerprint density at radius 3 is 2.67 bits per heavy atom. The highest BCUT2D eigenvalue weighted by atomic mass is 32.1. The van der Waals surface area contributed by atoms with E-state index in [-0.39, 0.29) is 5.60 Å². The Hall–Kier alpha value is -2.03. The molecule has 0 radical (unpaired) electrons. The van der Waals surface area contributed by atoms with Gasteiger partial charge in [-0.25, -0.2) is 15.0 Å². The summed E-state index contributed by atoms with van der Waals surface area (Å²) in [5.74, 6) is 1.85. The fourth-order valence-corrected chi connectivity index (χ4v) is 5.57. The van der Waals surface area contributed by atoms with Crippen molar-refractivity contribution in [3.05, 3.63) is 17.5 Å². The molecule has 30 heavy (non-hydrogen) atoms. The third-order valence-corrected chi connectivity index (χ3v) is 7.18. The van der Waals surface area contributed by atoms with Gasteiger partial charge in [0.1, 0.15) is 5.82 Å². The minimum atomic E-state index is -0.203. The fourth-order valence-electron chi connectivity index (χ4n) is 4.41. The number of nitrogens with zero attached hydrogens (tertiary/aromatic N) is 5. The summed E-state index contributed by atoms with van der Waals surface area (Å²) in [6.07, 6.45) is 2.83. The maximum atomic E-state index is 6.13. The number of morpholine rings is 1.